The van der Waals surface area contributed by atoms with Gasteiger partial charge in [0, 0.05) is 16.8 Å². The molecule has 0 aliphatic rings. The average molecular weight is 254 g/mol. The smallest absolute Gasteiger partial charge is 0.107 e. The predicted octanol–water partition coefficient (Wildman–Crippen LogP) is 2.64. The second-order valence-corrected chi connectivity index (χ2v) is 5.31. The fourth-order valence-corrected chi connectivity index (χ4v) is 2.73. The van der Waals surface area contributed by atoms with Gasteiger partial charge in [-0.15, -0.1) is 22.7 Å². The first-order chi connectivity index (χ1) is 7.88. The molecular weight excluding hydrogens is 240 g/mol. The van der Waals surface area contributed by atoms with Crippen molar-refractivity contribution in [2.45, 2.75) is 19.8 Å². The zero-order valence-corrected chi connectivity index (χ0v) is 10.7. The molecule has 0 bridgehead atoms. The number of nitrogens with one attached hydrogen (secondary N) is 1. The van der Waals surface area contributed by atoms with Crippen LogP contribution in [0.2, 0.25) is 0 Å². The Morgan fingerprint density at radius 3 is 3.06 bits per heavy atom. The predicted molar refractivity (Wildman–Crippen MR) is 67.7 cm³/mol. The lowest BCUT2D eigenvalue weighted by Gasteiger charge is -1.99. The second kappa shape index (κ2) is 6.10. The van der Waals surface area contributed by atoms with E-state index < -0.39 is 0 Å². The summed E-state index contributed by atoms with van der Waals surface area (Å²) in [7, 11) is 1.92. The number of nitrogens with zero attached hydrogens (tertiary/aromatic N) is 1. The summed E-state index contributed by atoms with van der Waals surface area (Å²) in [6, 6.07) is 4.12. The van der Waals surface area contributed by atoms with Crippen LogP contribution < -0.4 is 5.32 Å². The van der Waals surface area contributed by atoms with Gasteiger partial charge in [0.1, 0.15) is 5.01 Å². The highest BCUT2D eigenvalue weighted by Gasteiger charge is 2.01. The third-order valence-corrected chi connectivity index (χ3v) is 3.75. The fourth-order valence-electron chi connectivity index (χ4n) is 1.30. The molecule has 2 heterocycles. The lowest BCUT2D eigenvalue weighted by atomic mass is 10.5. The monoisotopic (exact) mass is 254 g/mol. The number of thiophene rings is 1. The van der Waals surface area contributed by atoms with Gasteiger partial charge in [0.05, 0.1) is 18.9 Å². The van der Waals surface area contributed by atoms with Gasteiger partial charge in [-0.05, 0) is 18.5 Å². The highest BCUT2D eigenvalue weighted by atomic mass is 32.1. The summed E-state index contributed by atoms with van der Waals surface area (Å²) in [6.07, 6.45) is 0. The van der Waals surface area contributed by atoms with Crippen LogP contribution >= 0.6 is 22.7 Å². The van der Waals surface area contributed by atoms with Gasteiger partial charge in [-0.3, -0.25) is 0 Å². The molecule has 2 rings (SSSR count). The van der Waals surface area contributed by atoms with E-state index in [-0.39, 0.29) is 0 Å². The minimum Gasteiger partial charge on any atom is -0.370 e. The summed E-state index contributed by atoms with van der Waals surface area (Å²) in [5, 5.41) is 8.31. The Labute approximate surface area is 103 Å². The van der Waals surface area contributed by atoms with Gasteiger partial charge < -0.3 is 10.1 Å². The Bertz CT molecular complexity index is 411. The standard InChI is InChI=1S/C11H14N2OS2/c1-12-5-11-13-9(8-16-11)6-14-7-10-3-2-4-15-10/h2-4,8,12H,5-7H2,1H3. The first-order valence-electron chi connectivity index (χ1n) is 5.06. The van der Waals surface area contributed by atoms with Crippen molar-refractivity contribution in [2.24, 2.45) is 0 Å². The van der Waals surface area contributed by atoms with Crippen LogP contribution in [-0.2, 0) is 24.5 Å². The van der Waals surface area contributed by atoms with Crippen molar-refractivity contribution in [1.29, 1.82) is 0 Å². The van der Waals surface area contributed by atoms with Crippen molar-refractivity contribution in [3.05, 3.63) is 38.5 Å². The lowest BCUT2D eigenvalue weighted by molar-refractivity contribution is 0.107. The summed E-state index contributed by atoms with van der Waals surface area (Å²) < 4.78 is 5.59. The van der Waals surface area contributed by atoms with Gasteiger partial charge in [0.25, 0.3) is 0 Å². The molecule has 1 N–H and O–H groups in total. The number of hydrogen-bond donors (Lipinski definition) is 1. The average Bonchev–Trinajstić information content (AvgIpc) is 2.90. The molecule has 0 saturated heterocycles. The van der Waals surface area contributed by atoms with Crippen molar-refractivity contribution in [1.82, 2.24) is 10.3 Å². The molecule has 3 nitrogen and oxygen atoms in total. The Morgan fingerprint density at radius 1 is 1.38 bits per heavy atom. The molecule has 2 aromatic heterocycles. The summed E-state index contributed by atoms with van der Waals surface area (Å²) >= 11 is 3.39. The van der Waals surface area contributed by atoms with E-state index in [2.05, 4.69) is 27.1 Å². The lowest BCUT2D eigenvalue weighted by Crippen LogP contribution is -2.04. The maximum atomic E-state index is 5.59. The summed E-state index contributed by atoms with van der Waals surface area (Å²) in [5.41, 5.74) is 1.02. The molecule has 0 fully saturated rings. The number of aromatic nitrogens is 1. The van der Waals surface area contributed by atoms with Crippen LogP contribution in [0, 0.1) is 0 Å². The molecule has 0 amide bonds. The summed E-state index contributed by atoms with van der Waals surface area (Å²) in [5.74, 6) is 0. The quantitative estimate of drug-likeness (QED) is 0.860. The highest BCUT2D eigenvalue weighted by molar-refractivity contribution is 7.10. The van der Waals surface area contributed by atoms with Crippen LogP contribution in [0.1, 0.15) is 15.6 Å². The largest absolute Gasteiger partial charge is 0.370 e. The third-order valence-electron chi connectivity index (χ3n) is 2.00. The molecule has 0 unspecified atom stereocenters. The van der Waals surface area contributed by atoms with Crippen LogP contribution in [0.4, 0.5) is 0 Å². The molecule has 16 heavy (non-hydrogen) atoms. The topological polar surface area (TPSA) is 34.2 Å². The third kappa shape index (κ3) is 3.38. The molecule has 86 valence electrons. The Hall–Kier alpha value is -0.750. The van der Waals surface area contributed by atoms with Crippen LogP contribution in [0.25, 0.3) is 0 Å². The fraction of sp³-hybridized carbons (Fsp3) is 0.364. The van der Waals surface area contributed by atoms with Gasteiger partial charge >= 0.3 is 0 Å². The van der Waals surface area contributed by atoms with Crippen LogP contribution in [0.15, 0.2) is 22.9 Å². The Kier molecular flexibility index (Phi) is 4.47. The first-order valence-corrected chi connectivity index (χ1v) is 6.82. The normalized spacial score (nSPS) is 10.8. The van der Waals surface area contributed by atoms with Crippen LogP contribution in [0.3, 0.4) is 0 Å². The van der Waals surface area contributed by atoms with E-state index in [0.717, 1.165) is 17.2 Å². The van der Waals surface area contributed by atoms with Gasteiger partial charge in [-0.25, -0.2) is 4.98 Å². The Morgan fingerprint density at radius 2 is 2.31 bits per heavy atom. The van der Waals surface area contributed by atoms with E-state index in [4.69, 9.17) is 4.74 Å². The molecule has 0 aliphatic heterocycles. The highest BCUT2D eigenvalue weighted by Crippen LogP contribution is 2.13. The van der Waals surface area contributed by atoms with Gasteiger partial charge in [0.15, 0.2) is 0 Å². The number of rotatable bonds is 6. The zero-order valence-electron chi connectivity index (χ0n) is 9.10. The first kappa shape index (κ1) is 11.7. The SMILES string of the molecule is CNCc1nc(COCc2cccs2)cs1. The van der Waals surface area contributed by atoms with Crippen LogP contribution in [-0.4, -0.2) is 12.0 Å². The molecule has 0 radical (unpaired) electrons. The number of thiazole rings is 1. The maximum absolute atomic E-state index is 5.59. The molecule has 0 aliphatic carbocycles. The van der Waals surface area contributed by atoms with E-state index >= 15 is 0 Å². The molecule has 2 aromatic rings. The van der Waals surface area contributed by atoms with Crippen molar-refractivity contribution < 1.29 is 4.74 Å². The minimum atomic E-state index is 0.595. The number of ether oxygens (including phenoxy) is 1. The zero-order chi connectivity index (χ0) is 11.2. The maximum Gasteiger partial charge on any atom is 0.107 e. The number of hydrogen-bond acceptors (Lipinski definition) is 5. The summed E-state index contributed by atoms with van der Waals surface area (Å²) in [6.45, 7) is 2.10. The van der Waals surface area contributed by atoms with Gasteiger partial charge in [-0.1, -0.05) is 6.07 Å². The molecular formula is C11H14N2OS2. The van der Waals surface area contributed by atoms with Gasteiger partial charge in [0.2, 0.25) is 0 Å². The van der Waals surface area contributed by atoms with Crippen molar-refractivity contribution in [3.8, 4) is 0 Å². The van der Waals surface area contributed by atoms with E-state index in [9.17, 15) is 0 Å². The van der Waals surface area contributed by atoms with Gasteiger partial charge in [-0.2, -0.15) is 0 Å². The molecule has 5 heteroatoms. The van der Waals surface area contributed by atoms with Crippen LogP contribution in [0.5, 0.6) is 0 Å². The summed E-state index contributed by atoms with van der Waals surface area (Å²) in [4.78, 5) is 5.71. The minimum absolute atomic E-state index is 0.595. The van der Waals surface area contributed by atoms with E-state index in [1.807, 2.05) is 13.1 Å². The second-order valence-electron chi connectivity index (χ2n) is 3.34. The molecule has 0 atom stereocenters. The van der Waals surface area contributed by atoms with Crippen molar-refractivity contribution in [2.75, 3.05) is 7.05 Å². The Balaban J connectivity index is 1.76. The van der Waals surface area contributed by atoms with E-state index in [0.29, 0.717) is 13.2 Å². The molecule has 0 aromatic carbocycles. The molecule has 0 saturated carbocycles. The van der Waals surface area contributed by atoms with Crippen molar-refractivity contribution in [3.63, 3.8) is 0 Å². The van der Waals surface area contributed by atoms with E-state index in [1.165, 1.54) is 4.88 Å². The molecule has 0 spiro atoms. The van der Waals surface area contributed by atoms with Crippen molar-refractivity contribution >= 4 is 22.7 Å². The van der Waals surface area contributed by atoms with E-state index in [1.54, 1.807) is 22.7 Å².